The van der Waals surface area contributed by atoms with Gasteiger partial charge in [0.25, 0.3) is 0 Å². The predicted molar refractivity (Wildman–Crippen MR) is 76.6 cm³/mol. The molecular weight excluding hydrogens is 286 g/mol. The minimum Gasteiger partial charge on any atom is -0.394 e. The Labute approximate surface area is 126 Å². The number of ether oxygens (including phenoxy) is 4. The van der Waals surface area contributed by atoms with Crippen LogP contribution in [-0.4, -0.2) is 99.7 Å². The fourth-order valence-electron chi connectivity index (χ4n) is 0.902. The molecule has 0 saturated carbocycles. The summed E-state index contributed by atoms with van der Waals surface area (Å²) in [4.78, 5) is 0. The van der Waals surface area contributed by atoms with E-state index in [-0.39, 0.29) is 32.6 Å². The fraction of sp³-hybridized carbons (Fsp3) is 1.00. The third kappa shape index (κ3) is 32.8. The smallest absolute Gasteiger partial charge is 0.0701 e. The lowest BCUT2D eigenvalue weighted by Crippen LogP contribution is -2.09. The molecule has 0 rings (SSSR count). The summed E-state index contributed by atoms with van der Waals surface area (Å²) < 4.78 is 19.5. The summed E-state index contributed by atoms with van der Waals surface area (Å²) >= 11 is 0. The van der Waals surface area contributed by atoms with E-state index < -0.39 is 0 Å². The lowest BCUT2D eigenvalue weighted by molar-refractivity contribution is 0.0222. The summed E-state index contributed by atoms with van der Waals surface area (Å²) in [5.74, 6) is 0. The van der Waals surface area contributed by atoms with Crippen LogP contribution in [0, 0.1) is 0 Å². The normalized spacial score (nSPS) is 9.71. The summed E-state index contributed by atoms with van der Waals surface area (Å²) in [6.45, 7) is 3.46. The minimum atomic E-state index is 0. The Morgan fingerprint density at radius 2 is 0.571 bits per heavy atom. The molecule has 0 aromatic rings. The molecule has 9 nitrogen and oxygen atoms in total. The highest BCUT2D eigenvalue weighted by Crippen LogP contribution is 1.77. The van der Waals surface area contributed by atoms with Crippen LogP contribution in [-0.2, 0) is 18.9 Å². The molecule has 0 aromatic heterocycles. The maximum atomic E-state index is 8.26. The van der Waals surface area contributed by atoms with Crippen molar-refractivity contribution in [1.82, 2.24) is 6.15 Å². The Morgan fingerprint density at radius 3 is 0.714 bits per heavy atom. The van der Waals surface area contributed by atoms with Gasteiger partial charge in [-0.3, -0.25) is 0 Å². The average Bonchev–Trinajstić information content (AvgIpc) is 2.47. The Hall–Kier alpha value is -0.360. The topological polar surface area (TPSA) is 153 Å². The van der Waals surface area contributed by atoms with Crippen LogP contribution < -0.4 is 6.15 Å². The number of rotatable bonds is 14. The van der Waals surface area contributed by atoms with Gasteiger partial charge < -0.3 is 45.5 Å². The van der Waals surface area contributed by atoms with Crippen LogP contribution in [0.25, 0.3) is 0 Å². The van der Waals surface area contributed by atoms with Gasteiger partial charge in [0.05, 0.1) is 79.3 Å². The van der Waals surface area contributed by atoms with Crippen LogP contribution in [0.2, 0.25) is 0 Å². The minimum absolute atomic E-state index is 0. The maximum absolute atomic E-state index is 8.26. The second-order valence-corrected chi connectivity index (χ2v) is 3.34. The van der Waals surface area contributed by atoms with Gasteiger partial charge in [0.15, 0.2) is 0 Å². The molecule has 0 fully saturated rings. The third-order valence-corrected chi connectivity index (χ3v) is 1.69. The van der Waals surface area contributed by atoms with E-state index in [9.17, 15) is 0 Å². The first-order chi connectivity index (χ1) is 9.83. The summed E-state index contributed by atoms with van der Waals surface area (Å²) in [7, 11) is 0. The van der Waals surface area contributed by atoms with Gasteiger partial charge in [-0.2, -0.15) is 0 Å². The predicted octanol–water partition coefficient (Wildman–Crippen LogP) is -1.83. The van der Waals surface area contributed by atoms with Gasteiger partial charge in [0.2, 0.25) is 0 Å². The van der Waals surface area contributed by atoms with Crippen molar-refractivity contribution < 1.29 is 39.4 Å². The largest absolute Gasteiger partial charge is 0.394 e. The van der Waals surface area contributed by atoms with Crippen molar-refractivity contribution in [3.8, 4) is 0 Å². The molecule has 0 heterocycles. The zero-order chi connectivity index (χ0) is 15.3. The highest BCUT2D eigenvalue weighted by molar-refractivity contribution is 4.31. The molecule has 0 aromatic carbocycles. The standard InChI is InChI=1S/2C6H14O4.H3N/c2*7-1-3-9-5-6-10-4-2-8;/h2*7-8H,1-6H2;1H3. The highest BCUT2D eigenvalue weighted by atomic mass is 16.5. The molecule has 0 saturated heterocycles. The molecule has 7 N–H and O–H groups in total. The van der Waals surface area contributed by atoms with Crippen molar-refractivity contribution in [2.45, 2.75) is 0 Å². The SMILES string of the molecule is N.OCCOCCOCCO.OCCOCCOCCO. The molecule has 0 unspecified atom stereocenters. The van der Waals surface area contributed by atoms with Crippen LogP contribution in [0.4, 0.5) is 0 Å². The van der Waals surface area contributed by atoms with Crippen molar-refractivity contribution in [1.29, 1.82) is 0 Å². The summed E-state index contributed by atoms with van der Waals surface area (Å²) in [6.07, 6.45) is 0. The molecule has 0 atom stereocenters. The third-order valence-electron chi connectivity index (χ3n) is 1.69. The van der Waals surface area contributed by atoms with Crippen molar-refractivity contribution in [2.75, 3.05) is 79.3 Å². The highest BCUT2D eigenvalue weighted by Gasteiger charge is 1.87. The molecule has 21 heavy (non-hydrogen) atoms. The summed E-state index contributed by atoms with van der Waals surface area (Å²) in [6, 6.07) is 0. The van der Waals surface area contributed by atoms with Crippen molar-refractivity contribution in [3.63, 3.8) is 0 Å². The molecule has 0 aliphatic rings. The Bertz CT molecular complexity index is 121. The molecule has 0 amide bonds. The van der Waals surface area contributed by atoms with Gasteiger partial charge >= 0.3 is 0 Å². The van der Waals surface area contributed by atoms with Crippen LogP contribution in [0.1, 0.15) is 0 Å². The molecule has 0 aliphatic carbocycles. The van der Waals surface area contributed by atoms with E-state index in [0.29, 0.717) is 52.9 Å². The van der Waals surface area contributed by atoms with E-state index in [1.807, 2.05) is 0 Å². The molecule has 132 valence electrons. The maximum Gasteiger partial charge on any atom is 0.0701 e. The van der Waals surface area contributed by atoms with E-state index in [4.69, 9.17) is 39.4 Å². The number of hydrogen-bond donors (Lipinski definition) is 5. The summed E-state index contributed by atoms with van der Waals surface area (Å²) in [5, 5.41) is 33.1. The molecule has 0 aliphatic heterocycles. The fourth-order valence-corrected chi connectivity index (χ4v) is 0.902. The van der Waals surface area contributed by atoms with E-state index >= 15 is 0 Å². The van der Waals surface area contributed by atoms with Gasteiger partial charge in [-0.15, -0.1) is 0 Å². The zero-order valence-electron chi connectivity index (χ0n) is 12.6. The van der Waals surface area contributed by atoms with E-state index in [2.05, 4.69) is 0 Å². The van der Waals surface area contributed by atoms with E-state index in [1.54, 1.807) is 0 Å². The van der Waals surface area contributed by atoms with Crippen LogP contribution in [0.15, 0.2) is 0 Å². The zero-order valence-corrected chi connectivity index (χ0v) is 12.6. The lowest BCUT2D eigenvalue weighted by Gasteiger charge is -2.01. The van der Waals surface area contributed by atoms with Crippen LogP contribution >= 0.6 is 0 Å². The molecule has 0 bridgehead atoms. The lowest BCUT2D eigenvalue weighted by atomic mass is 10.7. The number of hydrogen-bond acceptors (Lipinski definition) is 9. The van der Waals surface area contributed by atoms with E-state index in [1.165, 1.54) is 0 Å². The molecular formula is C12H31NO8. The molecule has 0 spiro atoms. The summed E-state index contributed by atoms with van der Waals surface area (Å²) in [5.41, 5.74) is 0. The second-order valence-electron chi connectivity index (χ2n) is 3.34. The Kier molecular flexibility index (Phi) is 34.0. The van der Waals surface area contributed by atoms with Crippen LogP contribution in [0.3, 0.4) is 0 Å². The average molecular weight is 317 g/mol. The van der Waals surface area contributed by atoms with Gasteiger partial charge in [-0.25, -0.2) is 0 Å². The Balaban J connectivity index is -0.000000295. The quantitative estimate of drug-likeness (QED) is 0.233. The van der Waals surface area contributed by atoms with Gasteiger partial charge in [0, 0.05) is 0 Å². The first kappa shape index (κ1) is 25.6. The second kappa shape index (κ2) is 27.9. The first-order valence-electron chi connectivity index (χ1n) is 6.57. The first-order valence-corrected chi connectivity index (χ1v) is 6.57. The number of aliphatic hydroxyl groups is 4. The molecule has 0 radical (unpaired) electrons. The van der Waals surface area contributed by atoms with Gasteiger partial charge in [-0.05, 0) is 0 Å². The van der Waals surface area contributed by atoms with Crippen molar-refractivity contribution >= 4 is 0 Å². The van der Waals surface area contributed by atoms with Gasteiger partial charge in [0.1, 0.15) is 0 Å². The van der Waals surface area contributed by atoms with Gasteiger partial charge in [-0.1, -0.05) is 0 Å². The van der Waals surface area contributed by atoms with Crippen molar-refractivity contribution in [2.24, 2.45) is 0 Å². The van der Waals surface area contributed by atoms with Crippen LogP contribution in [0.5, 0.6) is 0 Å². The number of aliphatic hydroxyl groups excluding tert-OH is 4. The monoisotopic (exact) mass is 317 g/mol. The Morgan fingerprint density at radius 1 is 0.381 bits per heavy atom. The van der Waals surface area contributed by atoms with E-state index in [0.717, 1.165) is 0 Å². The molecule has 9 heteroatoms. The van der Waals surface area contributed by atoms with Crippen molar-refractivity contribution in [3.05, 3.63) is 0 Å².